The SMILES string of the molecule is N#Cc1cnn(-c2ccccc2F)c1NC(=O)OCc1ccccc1. The molecule has 3 rings (SSSR count). The fourth-order valence-corrected chi connectivity index (χ4v) is 2.21. The molecule has 0 saturated heterocycles. The van der Waals surface area contributed by atoms with Crippen LogP contribution in [0.15, 0.2) is 60.8 Å². The standard InChI is InChI=1S/C18H13FN4O2/c19-15-8-4-5-9-16(15)23-17(14(10-20)11-21-23)22-18(24)25-12-13-6-2-1-3-7-13/h1-9,11H,12H2,(H,22,24). The summed E-state index contributed by atoms with van der Waals surface area (Å²) in [4.78, 5) is 12.0. The zero-order chi connectivity index (χ0) is 17.6. The van der Waals surface area contributed by atoms with Crippen LogP contribution in [0.4, 0.5) is 15.0 Å². The lowest BCUT2D eigenvalue weighted by atomic mass is 10.2. The van der Waals surface area contributed by atoms with E-state index in [0.29, 0.717) is 0 Å². The zero-order valence-corrected chi connectivity index (χ0v) is 13.0. The molecule has 1 aromatic heterocycles. The van der Waals surface area contributed by atoms with E-state index in [1.165, 1.54) is 24.4 Å². The molecular weight excluding hydrogens is 323 g/mol. The number of carbonyl (C=O) groups excluding carboxylic acids is 1. The van der Waals surface area contributed by atoms with Crippen molar-refractivity contribution in [1.82, 2.24) is 9.78 Å². The van der Waals surface area contributed by atoms with E-state index in [4.69, 9.17) is 4.74 Å². The summed E-state index contributed by atoms with van der Waals surface area (Å²) in [6, 6.07) is 17.0. The van der Waals surface area contributed by atoms with E-state index >= 15 is 0 Å². The molecular formula is C18H13FN4O2. The Balaban J connectivity index is 1.80. The van der Waals surface area contributed by atoms with E-state index in [0.717, 1.165) is 10.2 Å². The van der Waals surface area contributed by atoms with Gasteiger partial charge in [0, 0.05) is 0 Å². The Morgan fingerprint density at radius 2 is 1.92 bits per heavy atom. The Labute approximate surface area is 143 Å². The number of hydrogen-bond acceptors (Lipinski definition) is 4. The summed E-state index contributed by atoms with van der Waals surface area (Å²) < 4.78 is 20.3. The van der Waals surface area contributed by atoms with Gasteiger partial charge in [-0.2, -0.15) is 10.4 Å². The van der Waals surface area contributed by atoms with Crippen molar-refractivity contribution in [2.24, 2.45) is 0 Å². The third-order valence-corrected chi connectivity index (χ3v) is 3.40. The fourth-order valence-electron chi connectivity index (χ4n) is 2.21. The average molecular weight is 336 g/mol. The van der Waals surface area contributed by atoms with E-state index in [9.17, 15) is 14.4 Å². The molecule has 0 aliphatic rings. The molecule has 1 heterocycles. The number of nitrogens with zero attached hydrogens (tertiary/aromatic N) is 3. The van der Waals surface area contributed by atoms with Crippen LogP contribution in [0.2, 0.25) is 0 Å². The number of benzene rings is 2. The molecule has 0 saturated carbocycles. The number of carbonyl (C=O) groups is 1. The highest BCUT2D eigenvalue weighted by Gasteiger charge is 2.17. The van der Waals surface area contributed by atoms with Crippen LogP contribution in [-0.4, -0.2) is 15.9 Å². The van der Waals surface area contributed by atoms with E-state index in [-0.39, 0.29) is 23.7 Å². The van der Waals surface area contributed by atoms with Gasteiger partial charge in [-0.15, -0.1) is 0 Å². The lowest BCUT2D eigenvalue weighted by Gasteiger charge is -2.10. The van der Waals surface area contributed by atoms with E-state index in [1.54, 1.807) is 6.07 Å². The fraction of sp³-hybridized carbons (Fsp3) is 0.0556. The van der Waals surface area contributed by atoms with Crippen molar-refractivity contribution in [2.75, 3.05) is 5.32 Å². The van der Waals surface area contributed by atoms with Gasteiger partial charge in [0.15, 0.2) is 5.82 Å². The molecule has 0 aliphatic heterocycles. The van der Waals surface area contributed by atoms with Crippen LogP contribution in [0.5, 0.6) is 0 Å². The first kappa shape index (κ1) is 16.2. The number of hydrogen-bond donors (Lipinski definition) is 1. The van der Waals surface area contributed by atoms with Gasteiger partial charge < -0.3 is 4.74 Å². The van der Waals surface area contributed by atoms with Crippen molar-refractivity contribution < 1.29 is 13.9 Å². The molecule has 7 heteroatoms. The maximum Gasteiger partial charge on any atom is 0.413 e. The predicted octanol–water partition coefficient (Wildman–Crippen LogP) is 3.63. The summed E-state index contributed by atoms with van der Waals surface area (Å²) >= 11 is 0. The smallest absolute Gasteiger partial charge is 0.413 e. The van der Waals surface area contributed by atoms with Crippen molar-refractivity contribution in [3.05, 3.63) is 77.7 Å². The molecule has 0 radical (unpaired) electrons. The molecule has 1 amide bonds. The number of aromatic nitrogens is 2. The molecule has 25 heavy (non-hydrogen) atoms. The number of nitrogens with one attached hydrogen (secondary N) is 1. The number of amides is 1. The van der Waals surface area contributed by atoms with Crippen LogP contribution in [0.3, 0.4) is 0 Å². The summed E-state index contributed by atoms with van der Waals surface area (Å²) in [7, 11) is 0. The van der Waals surface area contributed by atoms with Crippen LogP contribution in [0, 0.1) is 17.1 Å². The first-order valence-corrected chi connectivity index (χ1v) is 7.40. The molecule has 0 spiro atoms. The number of para-hydroxylation sites is 1. The molecule has 0 aliphatic carbocycles. The van der Waals surface area contributed by atoms with Gasteiger partial charge in [-0.05, 0) is 17.7 Å². The van der Waals surface area contributed by atoms with Gasteiger partial charge in [-0.3, -0.25) is 5.32 Å². The van der Waals surface area contributed by atoms with E-state index in [2.05, 4.69) is 10.4 Å². The molecule has 1 N–H and O–H groups in total. The largest absolute Gasteiger partial charge is 0.444 e. The predicted molar refractivity (Wildman–Crippen MR) is 88.5 cm³/mol. The lowest BCUT2D eigenvalue weighted by molar-refractivity contribution is 0.155. The monoisotopic (exact) mass is 336 g/mol. The van der Waals surface area contributed by atoms with Gasteiger partial charge in [0.2, 0.25) is 0 Å². The number of anilines is 1. The normalized spacial score (nSPS) is 10.1. The Kier molecular flexibility index (Phi) is 4.72. The van der Waals surface area contributed by atoms with Gasteiger partial charge >= 0.3 is 6.09 Å². The maximum absolute atomic E-state index is 14.0. The summed E-state index contributed by atoms with van der Waals surface area (Å²) in [6.45, 7) is 0.0718. The molecule has 0 fully saturated rings. The van der Waals surface area contributed by atoms with Gasteiger partial charge in [0.1, 0.15) is 29.7 Å². The maximum atomic E-state index is 14.0. The minimum atomic E-state index is -0.765. The van der Waals surface area contributed by atoms with Crippen LogP contribution in [0.25, 0.3) is 5.69 Å². The van der Waals surface area contributed by atoms with Crippen LogP contribution >= 0.6 is 0 Å². The Bertz CT molecular complexity index is 932. The number of rotatable bonds is 4. The molecule has 0 atom stereocenters. The Hall–Kier alpha value is -3.66. The quantitative estimate of drug-likeness (QED) is 0.789. The molecule has 3 aromatic rings. The third kappa shape index (κ3) is 3.64. The Morgan fingerprint density at radius 1 is 1.20 bits per heavy atom. The lowest BCUT2D eigenvalue weighted by Crippen LogP contribution is -2.17. The van der Waals surface area contributed by atoms with Gasteiger partial charge in [-0.25, -0.2) is 13.9 Å². The molecule has 0 bridgehead atoms. The van der Waals surface area contributed by atoms with E-state index < -0.39 is 11.9 Å². The summed E-state index contributed by atoms with van der Waals surface area (Å²) in [5.41, 5.74) is 1.03. The van der Waals surface area contributed by atoms with Crippen molar-refractivity contribution in [3.8, 4) is 11.8 Å². The van der Waals surface area contributed by atoms with Crippen molar-refractivity contribution >= 4 is 11.9 Å². The van der Waals surface area contributed by atoms with Crippen molar-refractivity contribution in [2.45, 2.75) is 6.61 Å². The second-order valence-corrected chi connectivity index (χ2v) is 5.07. The second-order valence-electron chi connectivity index (χ2n) is 5.07. The van der Waals surface area contributed by atoms with Crippen LogP contribution in [0.1, 0.15) is 11.1 Å². The number of halogens is 1. The summed E-state index contributed by atoms with van der Waals surface area (Å²) in [5, 5.41) is 15.6. The Morgan fingerprint density at radius 3 is 2.64 bits per heavy atom. The van der Waals surface area contributed by atoms with Crippen molar-refractivity contribution in [1.29, 1.82) is 5.26 Å². The minimum Gasteiger partial charge on any atom is -0.444 e. The van der Waals surface area contributed by atoms with Crippen LogP contribution in [-0.2, 0) is 11.3 Å². The summed E-state index contributed by atoms with van der Waals surface area (Å²) in [6.07, 6.45) is 0.484. The number of nitriles is 1. The first-order chi connectivity index (χ1) is 12.2. The topological polar surface area (TPSA) is 79.9 Å². The third-order valence-electron chi connectivity index (χ3n) is 3.40. The highest BCUT2D eigenvalue weighted by Crippen LogP contribution is 2.22. The van der Waals surface area contributed by atoms with Gasteiger partial charge in [0.25, 0.3) is 0 Å². The highest BCUT2D eigenvalue weighted by molar-refractivity contribution is 5.85. The van der Waals surface area contributed by atoms with E-state index in [1.807, 2.05) is 36.4 Å². The second kappa shape index (κ2) is 7.27. The summed E-state index contributed by atoms with van der Waals surface area (Å²) in [5.74, 6) is -0.485. The first-order valence-electron chi connectivity index (χ1n) is 7.40. The van der Waals surface area contributed by atoms with Gasteiger partial charge in [0.05, 0.1) is 6.20 Å². The highest BCUT2D eigenvalue weighted by atomic mass is 19.1. The zero-order valence-electron chi connectivity index (χ0n) is 13.0. The molecule has 2 aromatic carbocycles. The van der Waals surface area contributed by atoms with Crippen molar-refractivity contribution in [3.63, 3.8) is 0 Å². The average Bonchev–Trinajstić information content (AvgIpc) is 3.03. The number of ether oxygens (including phenoxy) is 1. The molecule has 124 valence electrons. The van der Waals surface area contributed by atoms with Gasteiger partial charge in [-0.1, -0.05) is 42.5 Å². The minimum absolute atomic E-state index is 0.0469. The molecule has 0 unspecified atom stereocenters. The molecule has 6 nitrogen and oxygen atoms in total. The van der Waals surface area contributed by atoms with Crippen LogP contribution < -0.4 is 5.32 Å².